The van der Waals surface area contributed by atoms with Gasteiger partial charge in [-0.25, -0.2) is 4.79 Å². The van der Waals surface area contributed by atoms with Crippen LogP contribution in [0.5, 0.6) is 0 Å². The molecule has 0 saturated heterocycles. The summed E-state index contributed by atoms with van der Waals surface area (Å²) in [5.41, 5.74) is 1.62. The zero-order valence-corrected chi connectivity index (χ0v) is 19.3. The van der Waals surface area contributed by atoms with E-state index in [-0.39, 0.29) is 24.5 Å². The summed E-state index contributed by atoms with van der Waals surface area (Å²) in [6, 6.07) is 19.8. The number of amides is 3. The third-order valence-electron chi connectivity index (χ3n) is 5.00. The first-order chi connectivity index (χ1) is 15.3. The minimum absolute atomic E-state index is 0.0520. The van der Waals surface area contributed by atoms with E-state index in [1.807, 2.05) is 63.2 Å². The van der Waals surface area contributed by atoms with Gasteiger partial charge in [-0.1, -0.05) is 41.9 Å². The fraction of sp³-hybridized carbons (Fsp3) is 0.280. The molecule has 0 radical (unpaired) electrons. The minimum Gasteiger partial charge on any atom is -0.464 e. The maximum Gasteiger partial charge on any atom is 0.322 e. The van der Waals surface area contributed by atoms with Crippen molar-refractivity contribution in [1.29, 1.82) is 0 Å². The number of carbonyl (C=O) groups is 2. The molecular weight excluding hydrogens is 426 g/mol. The molecule has 0 saturated carbocycles. The van der Waals surface area contributed by atoms with Gasteiger partial charge in [0.05, 0.1) is 6.54 Å². The standard InChI is InChI=1S/C25H28ClN3O3/c1-18(2)29(25(31)27-22-12-10-21(26)11-13-22)17-24(30)28(15-20-7-5-4-6-8-20)16-23-14-9-19(3)32-23/h4-14,18H,15-17H2,1-3H3,(H,27,31). The number of anilines is 1. The average Bonchev–Trinajstić information content (AvgIpc) is 3.18. The number of nitrogens with zero attached hydrogens (tertiary/aromatic N) is 2. The van der Waals surface area contributed by atoms with Crippen molar-refractivity contribution < 1.29 is 14.0 Å². The molecule has 0 spiro atoms. The first-order valence-electron chi connectivity index (χ1n) is 10.5. The van der Waals surface area contributed by atoms with Crippen molar-refractivity contribution in [3.05, 3.63) is 88.8 Å². The number of nitrogens with one attached hydrogen (secondary N) is 1. The number of carbonyl (C=O) groups excluding carboxylic acids is 2. The molecule has 0 bridgehead atoms. The molecule has 1 N–H and O–H groups in total. The van der Waals surface area contributed by atoms with Crippen molar-refractivity contribution in [2.45, 2.75) is 39.9 Å². The number of hydrogen-bond acceptors (Lipinski definition) is 3. The van der Waals surface area contributed by atoms with Crippen LogP contribution in [0.2, 0.25) is 5.02 Å². The van der Waals surface area contributed by atoms with Crippen LogP contribution in [-0.4, -0.2) is 34.3 Å². The second-order valence-electron chi connectivity index (χ2n) is 7.91. The first kappa shape index (κ1) is 23.4. The number of benzene rings is 2. The third-order valence-corrected chi connectivity index (χ3v) is 5.25. The molecule has 0 atom stereocenters. The molecule has 1 aromatic heterocycles. The van der Waals surface area contributed by atoms with Crippen LogP contribution in [0.3, 0.4) is 0 Å². The van der Waals surface area contributed by atoms with Crippen molar-refractivity contribution in [2.24, 2.45) is 0 Å². The number of halogens is 1. The van der Waals surface area contributed by atoms with E-state index in [4.69, 9.17) is 16.0 Å². The Kier molecular flexibility index (Phi) is 7.95. The number of furan rings is 1. The molecule has 6 nitrogen and oxygen atoms in total. The van der Waals surface area contributed by atoms with Gasteiger partial charge in [-0.05, 0) is 62.7 Å². The highest BCUT2D eigenvalue weighted by Crippen LogP contribution is 2.16. The lowest BCUT2D eigenvalue weighted by atomic mass is 10.2. The van der Waals surface area contributed by atoms with Gasteiger partial charge in [0, 0.05) is 23.3 Å². The summed E-state index contributed by atoms with van der Waals surface area (Å²) in [4.78, 5) is 29.5. The van der Waals surface area contributed by atoms with E-state index in [9.17, 15) is 9.59 Å². The molecule has 0 fully saturated rings. The van der Waals surface area contributed by atoms with Crippen LogP contribution in [0.1, 0.15) is 30.9 Å². The zero-order valence-electron chi connectivity index (χ0n) is 18.5. The fourth-order valence-electron chi connectivity index (χ4n) is 3.26. The lowest BCUT2D eigenvalue weighted by Gasteiger charge is -2.30. The Morgan fingerprint density at radius 3 is 2.25 bits per heavy atom. The summed E-state index contributed by atoms with van der Waals surface area (Å²) in [5.74, 6) is 1.33. The maximum atomic E-state index is 13.3. The van der Waals surface area contributed by atoms with Gasteiger partial charge in [0.25, 0.3) is 0 Å². The molecular formula is C25H28ClN3O3. The second-order valence-corrected chi connectivity index (χ2v) is 8.34. The van der Waals surface area contributed by atoms with E-state index in [1.165, 1.54) is 4.90 Å². The van der Waals surface area contributed by atoms with E-state index in [0.717, 1.165) is 11.3 Å². The molecule has 1 heterocycles. The Morgan fingerprint density at radius 2 is 1.66 bits per heavy atom. The molecule has 0 aliphatic carbocycles. The summed E-state index contributed by atoms with van der Waals surface area (Å²) in [6.45, 7) is 6.33. The van der Waals surface area contributed by atoms with Crippen molar-refractivity contribution in [2.75, 3.05) is 11.9 Å². The van der Waals surface area contributed by atoms with Crippen LogP contribution >= 0.6 is 11.6 Å². The number of rotatable bonds is 8. The van der Waals surface area contributed by atoms with Gasteiger partial charge in [0.2, 0.25) is 5.91 Å². The topological polar surface area (TPSA) is 65.8 Å². The van der Waals surface area contributed by atoms with Crippen molar-refractivity contribution >= 4 is 29.2 Å². The lowest BCUT2D eigenvalue weighted by Crippen LogP contribution is -2.47. The Bertz CT molecular complexity index is 1030. The molecule has 168 valence electrons. The minimum atomic E-state index is -0.343. The van der Waals surface area contributed by atoms with Gasteiger partial charge in [0.1, 0.15) is 18.1 Å². The summed E-state index contributed by atoms with van der Waals surface area (Å²) in [7, 11) is 0. The number of hydrogen-bond donors (Lipinski definition) is 1. The van der Waals surface area contributed by atoms with Crippen LogP contribution in [0.25, 0.3) is 0 Å². The monoisotopic (exact) mass is 453 g/mol. The summed E-state index contributed by atoms with van der Waals surface area (Å²) >= 11 is 5.92. The molecule has 3 rings (SSSR count). The van der Waals surface area contributed by atoms with Crippen LogP contribution in [0, 0.1) is 6.92 Å². The SMILES string of the molecule is Cc1ccc(CN(Cc2ccccc2)C(=O)CN(C(=O)Nc2ccc(Cl)cc2)C(C)C)o1. The Morgan fingerprint density at radius 1 is 0.969 bits per heavy atom. The van der Waals surface area contributed by atoms with E-state index in [1.54, 1.807) is 29.2 Å². The van der Waals surface area contributed by atoms with Crippen molar-refractivity contribution in [3.8, 4) is 0 Å². The summed E-state index contributed by atoms with van der Waals surface area (Å²) in [6.07, 6.45) is 0. The van der Waals surface area contributed by atoms with E-state index in [0.29, 0.717) is 29.6 Å². The normalized spacial score (nSPS) is 10.8. The van der Waals surface area contributed by atoms with Gasteiger partial charge in [-0.2, -0.15) is 0 Å². The molecule has 7 heteroatoms. The Labute approximate surface area is 193 Å². The van der Waals surface area contributed by atoms with Crippen molar-refractivity contribution in [1.82, 2.24) is 9.80 Å². The summed E-state index contributed by atoms with van der Waals surface area (Å²) < 4.78 is 5.69. The number of aryl methyl sites for hydroxylation is 1. The first-order valence-corrected chi connectivity index (χ1v) is 10.9. The van der Waals surface area contributed by atoms with Gasteiger partial charge < -0.3 is 19.5 Å². The van der Waals surface area contributed by atoms with Crippen molar-refractivity contribution in [3.63, 3.8) is 0 Å². The fourth-order valence-corrected chi connectivity index (χ4v) is 3.38. The highest BCUT2D eigenvalue weighted by atomic mass is 35.5. The molecule has 0 unspecified atom stereocenters. The highest BCUT2D eigenvalue weighted by Gasteiger charge is 2.24. The zero-order chi connectivity index (χ0) is 23.1. The van der Waals surface area contributed by atoms with E-state index >= 15 is 0 Å². The van der Waals surface area contributed by atoms with Crippen LogP contribution in [-0.2, 0) is 17.9 Å². The van der Waals surface area contributed by atoms with Crippen LogP contribution in [0.15, 0.2) is 71.1 Å². The van der Waals surface area contributed by atoms with E-state index in [2.05, 4.69) is 5.32 Å². The maximum absolute atomic E-state index is 13.3. The van der Waals surface area contributed by atoms with Gasteiger partial charge in [-0.3, -0.25) is 4.79 Å². The Hall–Kier alpha value is -3.25. The number of urea groups is 1. The van der Waals surface area contributed by atoms with Gasteiger partial charge >= 0.3 is 6.03 Å². The van der Waals surface area contributed by atoms with Crippen LogP contribution in [0.4, 0.5) is 10.5 Å². The largest absolute Gasteiger partial charge is 0.464 e. The Balaban J connectivity index is 1.74. The van der Waals surface area contributed by atoms with Crippen LogP contribution < -0.4 is 5.32 Å². The highest BCUT2D eigenvalue weighted by molar-refractivity contribution is 6.30. The quantitative estimate of drug-likeness (QED) is 0.474. The second kappa shape index (κ2) is 10.9. The predicted octanol–water partition coefficient (Wildman–Crippen LogP) is 5.71. The predicted molar refractivity (Wildman–Crippen MR) is 126 cm³/mol. The summed E-state index contributed by atoms with van der Waals surface area (Å²) in [5, 5.41) is 3.42. The smallest absolute Gasteiger partial charge is 0.322 e. The van der Waals surface area contributed by atoms with E-state index < -0.39 is 0 Å². The van der Waals surface area contributed by atoms with Gasteiger partial charge in [-0.15, -0.1) is 0 Å². The molecule has 3 amide bonds. The average molecular weight is 454 g/mol. The molecule has 32 heavy (non-hydrogen) atoms. The third kappa shape index (κ3) is 6.62. The lowest BCUT2D eigenvalue weighted by molar-refractivity contribution is -0.133. The molecule has 3 aromatic rings. The molecule has 0 aliphatic heterocycles. The molecule has 2 aromatic carbocycles. The molecule has 0 aliphatic rings. The van der Waals surface area contributed by atoms with Gasteiger partial charge in [0.15, 0.2) is 0 Å².